The van der Waals surface area contributed by atoms with Crippen molar-refractivity contribution in [3.8, 4) is 5.75 Å². The van der Waals surface area contributed by atoms with Crippen LogP contribution in [0.2, 0.25) is 0 Å². The van der Waals surface area contributed by atoms with Crippen LogP contribution >= 0.6 is 27.3 Å². The molecule has 6 rings (SSSR count). The number of carbonyl (C=O) groups excluding carboxylic acids is 1. The van der Waals surface area contributed by atoms with E-state index in [-0.39, 0.29) is 12.2 Å². The van der Waals surface area contributed by atoms with Gasteiger partial charge in [0.1, 0.15) is 5.75 Å². The summed E-state index contributed by atoms with van der Waals surface area (Å²) in [5.74, 6) is 0.159. The van der Waals surface area contributed by atoms with Gasteiger partial charge in [0, 0.05) is 28.7 Å². The van der Waals surface area contributed by atoms with Crippen LogP contribution in [0.3, 0.4) is 0 Å². The van der Waals surface area contributed by atoms with Crippen LogP contribution in [0.5, 0.6) is 5.75 Å². The van der Waals surface area contributed by atoms with E-state index in [0.717, 1.165) is 34.3 Å². The van der Waals surface area contributed by atoms with Gasteiger partial charge in [0.25, 0.3) is 5.56 Å². The average molecular weight is 657 g/mol. The number of rotatable bonds is 7. The predicted molar refractivity (Wildman–Crippen MR) is 173 cm³/mol. The molecular formula is C34H30BrN3O4S. The molecule has 7 nitrogen and oxygen atoms in total. The summed E-state index contributed by atoms with van der Waals surface area (Å²) >= 11 is 4.89. The fourth-order valence-corrected chi connectivity index (χ4v) is 7.29. The number of fused-ring (bicyclic) bond motifs is 2. The van der Waals surface area contributed by atoms with E-state index in [1.807, 2.05) is 54.6 Å². The van der Waals surface area contributed by atoms with E-state index in [9.17, 15) is 9.59 Å². The van der Waals surface area contributed by atoms with E-state index in [1.54, 1.807) is 25.5 Å². The molecule has 0 spiro atoms. The molecule has 1 atom stereocenters. The van der Waals surface area contributed by atoms with E-state index in [1.165, 1.54) is 16.9 Å². The molecular weight excluding hydrogens is 626 g/mol. The largest absolute Gasteiger partial charge is 0.496 e. The number of carbonyl (C=O) groups is 1. The number of allylic oxidation sites excluding steroid dienone is 1. The molecule has 1 aliphatic heterocycles. The minimum absolute atomic E-state index is 0.214. The number of esters is 1. The van der Waals surface area contributed by atoms with Crippen LogP contribution in [-0.2, 0) is 16.1 Å². The maximum atomic E-state index is 14.3. The number of aromatic nitrogens is 2. The zero-order valence-corrected chi connectivity index (χ0v) is 26.7. The lowest BCUT2D eigenvalue weighted by atomic mass is 9.96. The number of hydrogen-bond donors (Lipinski definition) is 0. The summed E-state index contributed by atoms with van der Waals surface area (Å²) in [6, 6.07) is 23.4. The van der Waals surface area contributed by atoms with Crippen LogP contribution in [0.1, 0.15) is 42.3 Å². The Labute approximate surface area is 261 Å². The Hall–Kier alpha value is -4.21. The fraction of sp³-hybridized carbons (Fsp3) is 0.206. The Bertz CT molecular complexity index is 2090. The van der Waals surface area contributed by atoms with Crippen molar-refractivity contribution in [3.63, 3.8) is 0 Å². The second-order valence-corrected chi connectivity index (χ2v) is 12.1. The maximum absolute atomic E-state index is 14.3. The summed E-state index contributed by atoms with van der Waals surface area (Å²) in [6.45, 7) is 6.57. The highest BCUT2D eigenvalue weighted by molar-refractivity contribution is 9.10. The zero-order valence-electron chi connectivity index (χ0n) is 24.3. The molecule has 0 amide bonds. The molecule has 9 heteroatoms. The van der Waals surface area contributed by atoms with Crippen molar-refractivity contribution in [2.45, 2.75) is 33.4 Å². The number of benzene rings is 3. The monoisotopic (exact) mass is 655 g/mol. The Kier molecular flexibility index (Phi) is 7.94. The van der Waals surface area contributed by atoms with Gasteiger partial charge in [-0.1, -0.05) is 65.9 Å². The minimum Gasteiger partial charge on any atom is -0.496 e. The van der Waals surface area contributed by atoms with Gasteiger partial charge in [-0.15, -0.1) is 0 Å². The highest BCUT2D eigenvalue weighted by atomic mass is 79.9. The third kappa shape index (κ3) is 5.17. The lowest BCUT2D eigenvalue weighted by molar-refractivity contribution is -0.139. The Balaban J connectivity index is 1.56. The van der Waals surface area contributed by atoms with Crippen molar-refractivity contribution in [3.05, 3.63) is 131 Å². The molecule has 0 saturated carbocycles. The third-order valence-electron chi connectivity index (χ3n) is 7.75. The van der Waals surface area contributed by atoms with Gasteiger partial charge >= 0.3 is 5.97 Å². The van der Waals surface area contributed by atoms with Gasteiger partial charge in [-0.25, -0.2) is 9.79 Å². The number of thiazole rings is 1. The van der Waals surface area contributed by atoms with Crippen molar-refractivity contribution >= 4 is 50.2 Å². The Morgan fingerprint density at radius 2 is 1.81 bits per heavy atom. The molecule has 0 bridgehead atoms. The van der Waals surface area contributed by atoms with E-state index in [2.05, 4.69) is 51.7 Å². The smallest absolute Gasteiger partial charge is 0.338 e. The summed E-state index contributed by atoms with van der Waals surface area (Å²) in [4.78, 5) is 32.8. The number of nitrogens with zero attached hydrogens (tertiary/aromatic N) is 3. The molecule has 0 fully saturated rings. The second kappa shape index (κ2) is 11.8. The quantitative estimate of drug-likeness (QED) is 0.205. The predicted octanol–water partition coefficient (Wildman–Crippen LogP) is 5.88. The molecule has 0 N–H and O–H groups in total. The van der Waals surface area contributed by atoms with Gasteiger partial charge in [0.15, 0.2) is 4.80 Å². The fourth-order valence-electron chi connectivity index (χ4n) is 5.70. The first-order valence-corrected chi connectivity index (χ1v) is 15.6. The molecule has 218 valence electrons. The van der Waals surface area contributed by atoms with Crippen molar-refractivity contribution in [2.24, 2.45) is 4.99 Å². The van der Waals surface area contributed by atoms with E-state index in [4.69, 9.17) is 14.5 Å². The third-order valence-corrected chi connectivity index (χ3v) is 9.35. The molecule has 1 aliphatic rings. The van der Waals surface area contributed by atoms with Crippen LogP contribution in [0.15, 0.2) is 98.3 Å². The number of para-hydroxylation sites is 1. The van der Waals surface area contributed by atoms with Crippen LogP contribution in [0.4, 0.5) is 0 Å². The standard InChI is InChI=1S/C34H30BrN3O4S/c1-5-42-33(40)30-20(2)36-34-38(31(30)23-15-16-28(41-4)26(35)17-23)32(39)29(43-34)18-25-21(3)37(19-22-11-7-6-8-12-22)27-14-10-9-13-24(25)27/h6-18,31H,5,19H2,1-4H3/b29-18+/t31-/m0/s1. The molecule has 0 radical (unpaired) electrons. The first-order valence-electron chi connectivity index (χ1n) is 14.0. The SMILES string of the molecule is CCOC(=O)C1=C(C)N=c2s/c(=C/c3c(C)n(Cc4ccccc4)c4ccccc34)c(=O)n2[C@H]1c1ccc(OC)c(Br)c1. The van der Waals surface area contributed by atoms with Crippen LogP contribution in [0.25, 0.3) is 17.0 Å². The van der Waals surface area contributed by atoms with Crippen molar-refractivity contribution in [2.75, 3.05) is 13.7 Å². The van der Waals surface area contributed by atoms with Crippen molar-refractivity contribution in [1.82, 2.24) is 9.13 Å². The molecule has 43 heavy (non-hydrogen) atoms. The highest BCUT2D eigenvalue weighted by Gasteiger charge is 2.33. The second-order valence-electron chi connectivity index (χ2n) is 10.3. The van der Waals surface area contributed by atoms with Gasteiger partial charge in [-0.05, 0) is 72.1 Å². The normalized spacial score (nSPS) is 15.0. The first kappa shape index (κ1) is 28.9. The molecule has 3 heterocycles. The first-order chi connectivity index (χ1) is 20.8. The number of methoxy groups -OCH3 is 1. The van der Waals surface area contributed by atoms with Crippen LogP contribution in [0, 0.1) is 6.92 Å². The van der Waals surface area contributed by atoms with Gasteiger partial charge in [0.2, 0.25) is 0 Å². The van der Waals surface area contributed by atoms with E-state index >= 15 is 0 Å². The molecule has 0 aliphatic carbocycles. The highest BCUT2D eigenvalue weighted by Crippen LogP contribution is 2.35. The van der Waals surface area contributed by atoms with E-state index in [0.29, 0.717) is 30.8 Å². The van der Waals surface area contributed by atoms with Gasteiger partial charge < -0.3 is 14.0 Å². The van der Waals surface area contributed by atoms with Crippen LogP contribution < -0.4 is 19.6 Å². The Morgan fingerprint density at radius 3 is 2.53 bits per heavy atom. The average Bonchev–Trinajstić information content (AvgIpc) is 3.45. The van der Waals surface area contributed by atoms with Crippen molar-refractivity contribution < 1.29 is 14.3 Å². The minimum atomic E-state index is -0.708. The van der Waals surface area contributed by atoms with Crippen LogP contribution in [-0.4, -0.2) is 28.8 Å². The molecule has 3 aromatic carbocycles. The number of hydrogen-bond acceptors (Lipinski definition) is 6. The number of halogens is 1. The summed E-state index contributed by atoms with van der Waals surface area (Å²) in [7, 11) is 1.59. The van der Waals surface area contributed by atoms with Crippen molar-refractivity contribution in [1.29, 1.82) is 0 Å². The van der Waals surface area contributed by atoms with E-state index < -0.39 is 12.0 Å². The summed E-state index contributed by atoms with van der Waals surface area (Å²) < 4.78 is 16.0. The Morgan fingerprint density at radius 1 is 1.07 bits per heavy atom. The molecule has 2 aromatic heterocycles. The van der Waals surface area contributed by atoms with Gasteiger partial charge in [-0.3, -0.25) is 9.36 Å². The number of ether oxygens (including phenoxy) is 2. The summed E-state index contributed by atoms with van der Waals surface area (Å²) in [6.07, 6.45) is 1.97. The zero-order chi connectivity index (χ0) is 30.2. The maximum Gasteiger partial charge on any atom is 0.338 e. The van der Waals surface area contributed by atoms with Gasteiger partial charge in [0.05, 0.1) is 40.0 Å². The lowest BCUT2D eigenvalue weighted by Crippen LogP contribution is -2.40. The topological polar surface area (TPSA) is 74.8 Å². The summed E-state index contributed by atoms with van der Waals surface area (Å²) in [5.41, 5.74) is 5.75. The molecule has 5 aromatic rings. The molecule has 0 unspecified atom stereocenters. The van der Waals surface area contributed by atoms with Gasteiger partial charge in [-0.2, -0.15) is 0 Å². The summed E-state index contributed by atoms with van der Waals surface area (Å²) in [5, 5.41) is 1.07. The molecule has 0 saturated heterocycles. The lowest BCUT2D eigenvalue weighted by Gasteiger charge is -2.25.